The third-order valence-corrected chi connectivity index (χ3v) is 4.91. The van der Waals surface area contributed by atoms with Gasteiger partial charge in [-0.15, -0.1) is 0 Å². The number of aromatic amines is 1. The molecule has 8 nitrogen and oxygen atoms in total. The van der Waals surface area contributed by atoms with E-state index in [1.807, 2.05) is 6.07 Å². The van der Waals surface area contributed by atoms with Crippen molar-refractivity contribution in [2.75, 3.05) is 0 Å². The number of amides is 1. The second-order valence-electron chi connectivity index (χ2n) is 6.95. The van der Waals surface area contributed by atoms with Crippen LogP contribution in [0.15, 0.2) is 36.9 Å². The fourth-order valence-corrected chi connectivity index (χ4v) is 3.43. The van der Waals surface area contributed by atoms with Crippen LogP contribution in [-0.4, -0.2) is 38.1 Å². The normalized spacial score (nSPS) is 15.5. The largest absolute Gasteiger partial charge is 0.490 e. The van der Waals surface area contributed by atoms with Crippen molar-refractivity contribution >= 4 is 22.9 Å². The number of carbonyl (C=O) groups is 2. The van der Waals surface area contributed by atoms with E-state index in [0.29, 0.717) is 17.8 Å². The van der Waals surface area contributed by atoms with Crippen LogP contribution in [0.5, 0.6) is 0 Å². The van der Waals surface area contributed by atoms with Crippen LogP contribution in [0.1, 0.15) is 45.9 Å². The Morgan fingerprint density at radius 2 is 2.06 bits per heavy atom. The van der Waals surface area contributed by atoms with Crippen LogP contribution in [0.25, 0.3) is 11.0 Å². The number of aromatic nitrogens is 3. The fourth-order valence-electron chi connectivity index (χ4n) is 3.43. The van der Waals surface area contributed by atoms with Crippen molar-refractivity contribution in [1.29, 1.82) is 0 Å². The number of carboxylic acid groups (broad SMARTS) is 1. The van der Waals surface area contributed by atoms with E-state index in [0.717, 1.165) is 30.2 Å². The number of nitrogens with two attached hydrogens (primary N) is 1. The van der Waals surface area contributed by atoms with Gasteiger partial charge in [-0.3, -0.25) is 4.79 Å². The summed E-state index contributed by atoms with van der Waals surface area (Å²) in [6, 6.07) is 6.33. The van der Waals surface area contributed by atoms with Gasteiger partial charge in [0.15, 0.2) is 0 Å². The molecule has 1 aliphatic carbocycles. The van der Waals surface area contributed by atoms with Gasteiger partial charge in [0.25, 0.3) is 5.91 Å². The minimum atomic E-state index is -5.08. The summed E-state index contributed by atoms with van der Waals surface area (Å²) in [5, 5.41) is 11.0. The number of hydrogen-bond acceptors (Lipinski definition) is 5. The number of H-pyrrole nitrogens is 1. The third kappa shape index (κ3) is 5.18. The van der Waals surface area contributed by atoms with Crippen LogP contribution in [0.4, 0.5) is 13.2 Å². The summed E-state index contributed by atoms with van der Waals surface area (Å²) in [4.78, 5) is 32.8. The van der Waals surface area contributed by atoms with Gasteiger partial charge in [0.2, 0.25) is 0 Å². The minimum absolute atomic E-state index is 0.0302. The maximum atomic E-state index is 12.7. The monoisotopic (exact) mass is 435 g/mol. The lowest BCUT2D eigenvalue weighted by molar-refractivity contribution is -0.192. The molecule has 0 bridgehead atoms. The molecule has 0 saturated heterocycles. The molecule has 1 aromatic carbocycles. The number of carboxylic acids is 1. The van der Waals surface area contributed by atoms with Gasteiger partial charge >= 0.3 is 12.1 Å². The third-order valence-electron chi connectivity index (χ3n) is 4.91. The van der Waals surface area contributed by atoms with Crippen LogP contribution in [-0.2, 0) is 17.8 Å². The molecule has 1 atom stereocenters. The molecule has 0 radical (unpaired) electrons. The Morgan fingerprint density at radius 3 is 2.74 bits per heavy atom. The van der Waals surface area contributed by atoms with E-state index in [4.69, 9.17) is 15.6 Å². The zero-order valence-corrected chi connectivity index (χ0v) is 16.2. The highest BCUT2D eigenvalue weighted by Crippen LogP contribution is 2.31. The van der Waals surface area contributed by atoms with Crippen LogP contribution < -0.4 is 11.1 Å². The van der Waals surface area contributed by atoms with Crippen molar-refractivity contribution in [1.82, 2.24) is 20.3 Å². The first kappa shape index (κ1) is 22.2. The van der Waals surface area contributed by atoms with Crippen molar-refractivity contribution in [3.63, 3.8) is 0 Å². The first-order valence-electron chi connectivity index (χ1n) is 9.40. The van der Waals surface area contributed by atoms with Crippen molar-refractivity contribution in [3.05, 3.63) is 59.2 Å². The molecule has 1 aliphatic rings. The van der Waals surface area contributed by atoms with Gasteiger partial charge in [0, 0.05) is 24.3 Å². The van der Waals surface area contributed by atoms with E-state index in [1.165, 1.54) is 17.5 Å². The maximum Gasteiger partial charge on any atom is 0.490 e. The molecule has 2 aromatic heterocycles. The van der Waals surface area contributed by atoms with Gasteiger partial charge in [-0.05, 0) is 36.0 Å². The lowest BCUT2D eigenvalue weighted by Gasteiger charge is -2.27. The second kappa shape index (κ2) is 9.13. The lowest BCUT2D eigenvalue weighted by Crippen LogP contribution is -2.31. The Kier molecular flexibility index (Phi) is 6.54. The van der Waals surface area contributed by atoms with E-state index in [1.54, 1.807) is 12.4 Å². The Labute approximate surface area is 174 Å². The van der Waals surface area contributed by atoms with E-state index < -0.39 is 12.1 Å². The zero-order chi connectivity index (χ0) is 22.6. The number of aryl methyl sites for hydroxylation is 1. The summed E-state index contributed by atoms with van der Waals surface area (Å²) in [7, 11) is 0. The number of nitrogens with zero attached hydrogens (tertiary/aromatic N) is 2. The van der Waals surface area contributed by atoms with Gasteiger partial charge in [0.1, 0.15) is 12.0 Å². The number of aliphatic carboxylic acids is 1. The average Bonchev–Trinajstić information content (AvgIpc) is 3.17. The highest BCUT2D eigenvalue weighted by molar-refractivity contribution is 6.05. The molecule has 3 aromatic rings. The Hall–Kier alpha value is -3.47. The molecule has 0 aliphatic heterocycles. The highest BCUT2D eigenvalue weighted by Gasteiger charge is 2.38. The molecule has 1 unspecified atom stereocenters. The lowest BCUT2D eigenvalue weighted by atomic mass is 9.86. The summed E-state index contributed by atoms with van der Waals surface area (Å²) < 4.78 is 31.7. The smallest absolute Gasteiger partial charge is 0.475 e. The molecule has 0 saturated carbocycles. The van der Waals surface area contributed by atoms with Crippen molar-refractivity contribution in [2.24, 2.45) is 5.73 Å². The SMILES string of the molecule is NCc1ccc2c(c1)CCCC2NC(=O)c1c[nH]c2ncncc12.O=C(O)C(F)(F)F. The molecule has 1 amide bonds. The maximum absolute atomic E-state index is 12.7. The van der Waals surface area contributed by atoms with E-state index in [9.17, 15) is 18.0 Å². The topological polar surface area (TPSA) is 134 Å². The number of benzene rings is 1. The predicted octanol–water partition coefficient (Wildman–Crippen LogP) is 2.86. The fraction of sp³-hybridized carbons (Fsp3) is 0.300. The molecule has 0 spiro atoms. The quantitative estimate of drug-likeness (QED) is 0.500. The van der Waals surface area contributed by atoms with Crippen molar-refractivity contribution in [3.8, 4) is 0 Å². The van der Waals surface area contributed by atoms with Crippen LogP contribution in [0, 0.1) is 0 Å². The van der Waals surface area contributed by atoms with E-state index >= 15 is 0 Å². The summed E-state index contributed by atoms with van der Waals surface area (Å²) in [6.45, 7) is 0.541. The standard InChI is InChI=1S/C18H19N5O.C2HF3O2/c19-7-11-4-5-13-12(6-11)2-1-3-16(13)23-18(24)15-9-21-17-14(15)8-20-10-22-17;3-2(4,5)1(6)7/h4-6,8-10,16H,1-3,7,19H2,(H,23,24)(H,20,21,22);(H,6,7). The molecule has 31 heavy (non-hydrogen) atoms. The number of rotatable bonds is 3. The van der Waals surface area contributed by atoms with Gasteiger partial charge < -0.3 is 21.1 Å². The summed E-state index contributed by atoms with van der Waals surface area (Å²) in [5.74, 6) is -2.86. The number of nitrogens with one attached hydrogen (secondary N) is 2. The molecule has 5 N–H and O–H groups in total. The number of carbonyl (C=O) groups excluding carboxylic acids is 1. The van der Waals surface area contributed by atoms with Gasteiger partial charge in [-0.25, -0.2) is 14.8 Å². The molecule has 4 rings (SSSR count). The van der Waals surface area contributed by atoms with Crippen molar-refractivity contribution < 1.29 is 27.9 Å². The Bertz CT molecular complexity index is 1100. The predicted molar refractivity (Wildman–Crippen MR) is 105 cm³/mol. The summed E-state index contributed by atoms with van der Waals surface area (Å²) in [6.07, 6.45) is 2.78. The van der Waals surface area contributed by atoms with E-state index in [-0.39, 0.29) is 11.9 Å². The van der Waals surface area contributed by atoms with Gasteiger partial charge in [0.05, 0.1) is 11.6 Å². The van der Waals surface area contributed by atoms with Crippen LogP contribution in [0.2, 0.25) is 0 Å². The molecule has 11 heteroatoms. The average molecular weight is 435 g/mol. The Balaban J connectivity index is 0.000000339. The first-order chi connectivity index (χ1) is 14.7. The number of halogens is 3. The number of alkyl halides is 3. The molecule has 164 valence electrons. The zero-order valence-electron chi connectivity index (χ0n) is 16.2. The Morgan fingerprint density at radius 1 is 1.32 bits per heavy atom. The van der Waals surface area contributed by atoms with Gasteiger partial charge in [-0.2, -0.15) is 13.2 Å². The second-order valence-corrected chi connectivity index (χ2v) is 6.95. The van der Waals surface area contributed by atoms with Crippen molar-refractivity contribution in [2.45, 2.75) is 38.0 Å². The summed E-state index contributed by atoms with van der Waals surface area (Å²) in [5.41, 5.74) is 10.6. The molecular formula is C20H20F3N5O3. The molecule has 2 heterocycles. The highest BCUT2D eigenvalue weighted by atomic mass is 19.4. The molecular weight excluding hydrogens is 415 g/mol. The number of fused-ring (bicyclic) bond motifs is 2. The van der Waals surface area contributed by atoms with E-state index in [2.05, 4.69) is 32.4 Å². The number of hydrogen-bond donors (Lipinski definition) is 4. The minimum Gasteiger partial charge on any atom is -0.475 e. The molecule has 0 fully saturated rings. The first-order valence-corrected chi connectivity index (χ1v) is 9.40. The van der Waals surface area contributed by atoms with Crippen LogP contribution >= 0.6 is 0 Å². The van der Waals surface area contributed by atoms with Gasteiger partial charge in [-0.1, -0.05) is 18.2 Å². The van der Waals surface area contributed by atoms with Crippen LogP contribution in [0.3, 0.4) is 0 Å². The summed E-state index contributed by atoms with van der Waals surface area (Å²) >= 11 is 0.